The molecule has 4 aromatic rings. The van der Waals surface area contributed by atoms with Crippen molar-refractivity contribution in [2.75, 3.05) is 36.4 Å². The van der Waals surface area contributed by atoms with E-state index in [-0.39, 0.29) is 11.5 Å². The van der Waals surface area contributed by atoms with Gasteiger partial charge in [-0.05, 0) is 30.3 Å². The Bertz CT molecular complexity index is 1450. The van der Waals surface area contributed by atoms with Gasteiger partial charge in [-0.15, -0.1) is 5.10 Å². The maximum Gasteiger partial charge on any atom is 0.266 e. The van der Waals surface area contributed by atoms with Crippen molar-refractivity contribution in [2.24, 2.45) is 0 Å². The SMILES string of the molecule is CC(=O)N1CCN(c2cc3c(N[C@H](C)c4cccc(C(F)F)c4F)nc(C)nc3n3nnnc23)CC1. The Kier molecular flexibility index (Phi) is 6.06. The number of hydrogen-bond acceptors (Lipinski definition) is 8. The van der Waals surface area contributed by atoms with Gasteiger partial charge in [-0.1, -0.05) is 18.2 Å². The molecular formula is C23H24F3N9O. The monoisotopic (exact) mass is 499 g/mol. The van der Waals surface area contributed by atoms with Gasteiger partial charge in [0.15, 0.2) is 5.65 Å². The normalized spacial score (nSPS) is 15.2. The van der Waals surface area contributed by atoms with Gasteiger partial charge in [0.1, 0.15) is 17.5 Å². The molecule has 0 aliphatic carbocycles. The quantitative estimate of drug-likeness (QED) is 0.446. The van der Waals surface area contributed by atoms with Crippen molar-refractivity contribution in [3.05, 3.63) is 47.0 Å². The Hall–Kier alpha value is -4.03. The number of aryl methyl sites for hydroxylation is 1. The summed E-state index contributed by atoms with van der Waals surface area (Å²) < 4.78 is 42.8. The van der Waals surface area contributed by atoms with Crippen LogP contribution < -0.4 is 10.2 Å². The van der Waals surface area contributed by atoms with E-state index >= 15 is 0 Å². The predicted octanol–water partition coefficient (Wildman–Crippen LogP) is 3.29. The molecule has 188 valence electrons. The summed E-state index contributed by atoms with van der Waals surface area (Å²) in [7, 11) is 0. The number of pyridine rings is 1. The maximum atomic E-state index is 14.8. The van der Waals surface area contributed by atoms with Gasteiger partial charge in [0.05, 0.1) is 22.7 Å². The fraction of sp³-hybridized carbons (Fsp3) is 0.391. The largest absolute Gasteiger partial charge is 0.365 e. The lowest BCUT2D eigenvalue weighted by Gasteiger charge is -2.35. The van der Waals surface area contributed by atoms with Gasteiger partial charge < -0.3 is 15.1 Å². The third-order valence-electron chi connectivity index (χ3n) is 6.40. The van der Waals surface area contributed by atoms with Crippen LogP contribution in [0.5, 0.6) is 0 Å². The van der Waals surface area contributed by atoms with Crippen LogP contribution >= 0.6 is 0 Å². The standard InChI is InChI=1S/C23H24F3N9O/c1-12(15-5-4-6-16(19(15)24)20(25)26)27-21-17-11-18(34-9-7-33(8-10-34)14(3)36)23-30-31-32-35(23)22(17)29-13(2)28-21/h4-6,11-12,20H,7-10H2,1-3H3,(H,27,28,29)/t12-/m1/s1. The molecule has 1 aliphatic heterocycles. The molecule has 10 nitrogen and oxygen atoms in total. The van der Waals surface area contributed by atoms with Crippen molar-refractivity contribution in [3.63, 3.8) is 0 Å². The van der Waals surface area contributed by atoms with Crippen LogP contribution in [-0.4, -0.2) is 67.0 Å². The number of rotatable bonds is 5. The van der Waals surface area contributed by atoms with Crippen LogP contribution in [0.3, 0.4) is 0 Å². The molecule has 1 fully saturated rings. The van der Waals surface area contributed by atoms with Crippen LogP contribution in [0.25, 0.3) is 16.7 Å². The number of alkyl halides is 2. The molecule has 3 aromatic heterocycles. The molecular weight excluding hydrogens is 475 g/mol. The molecule has 0 spiro atoms. The topological polar surface area (TPSA) is 104 Å². The summed E-state index contributed by atoms with van der Waals surface area (Å²) in [6, 6.07) is 5.14. The van der Waals surface area contributed by atoms with E-state index in [0.717, 1.165) is 11.8 Å². The summed E-state index contributed by atoms with van der Waals surface area (Å²) in [6.45, 7) is 7.23. The Labute approximate surface area is 204 Å². The number of carbonyl (C=O) groups excluding carboxylic acids is 1. The highest BCUT2D eigenvalue weighted by atomic mass is 19.3. The molecule has 1 aliphatic rings. The Morgan fingerprint density at radius 1 is 1.08 bits per heavy atom. The molecule has 13 heteroatoms. The zero-order valence-corrected chi connectivity index (χ0v) is 19.9. The van der Waals surface area contributed by atoms with Gasteiger partial charge in [0, 0.05) is 38.7 Å². The Balaban J connectivity index is 1.57. The second-order valence-corrected chi connectivity index (χ2v) is 8.71. The summed E-state index contributed by atoms with van der Waals surface area (Å²) in [5, 5.41) is 15.9. The lowest BCUT2D eigenvalue weighted by Crippen LogP contribution is -2.48. The maximum absolute atomic E-state index is 14.8. The molecule has 0 bridgehead atoms. The van der Waals surface area contributed by atoms with E-state index in [2.05, 4.69) is 35.7 Å². The van der Waals surface area contributed by atoms with E-state index in [4.69, 9.17) is 0 Å². The van der Waals surface area contributed by atoms with Crippen LogP contribution in [0, 0.1) is 12.7 Å². The van der Waals surface area contributed by atoms with Crippen LogP contribution in [0.15, 0.2) is 24.3 Å². The molecule has 4 heterocycles. The Morgan fingerprint density at radius 2 is 1.81 bits per heavy atom. The first-order valence-corrected chi connectivity index (χ1v) is 11.5. The fourth-order valence-corrected chi connectivity index (χ4v) is 4.51. The van der Waals surface area contributed by atoms with Crippen molar-refractivity contribution >= 4 is 34.1 Å². The van der Waals surface area contributed by atoms with Crippen LogP contribution in [0.2, 0.25) is 0 Å². The van der Waals surface area contributed by atoms with E-state index in [1.54, 1.807) is 25.7 Å². The van der Waals surface area contributed by atoms with Crippen molar-refractivity contribution in [1.82, 2.24) is 34.9 Å². The fourth-order valence-electron chi connectivity index (χ4n) is 4.51. The number of hydrogen-bond donors (Lipinski definition) is 1. The second kappa shape index (κ2) is 9.21. The minimum absolute atomic E-state index is 0.0231. The van der Waals surface area contributed by atoms with Gasteiger partial charge >= 0.3 is 0 Å². The second-order valence-electron chi connectivity index (χ2n) is 8.71. The van der Waals surface area contributed by atoms with Crippen LogP contribution in [-0.2, 0) is 4.79 Å². The van der Waals surface area contributed by atoms with E-state index in [1.165, 1.54) is 16.6 Å². The number of anilines is 2. The summed E-state index contributed by atoms with van der Waals surface area (Å²) in [4.78, 5) is 24.6. The molecule has 1 amide bonds. The van der Waals surface area contributed by atoms with Crippen LogP contribution in [0.1, 0.15) is 43.3 Å². The van der Waals surface area contributed by atoms with Crippen molar-refractivity contribution in [1.29, 1.82) is 0 Å². The molecule has 0 unspecified atom stereocenters. The molecule has 1 aromatic carbocycles. The lowest BCUT2D eigenvalue weighted by atomic mass is 10.0. The Morgan fingerprint density at radius 3 is 2.50 bits per heavy atom. The zero-order chi connectivity index (χ0) is 25.6. The summed E-state index contributed by atoms with van der Waals surface area (Å²) in [5.74, 6) is -0.101. The number of nitrogens with one attached hydrogen (secondary N) is 1. The smallest absolute Gasteiger partial charge is 0.266 e. The number of nitrogens with zero attached hydrogens (tertiary/aromatic N) is 8. The van der Waals surface area contributed by atoms with E-state index in [9.17, 15) is 18.0 Å². The number of benzene rings is 1. The highest BCUT2D eigenvalue weighted by molar-refractivity contribution is 5.93. The summed E-state index contributed by atoms with van der Waals surface area (Å²) in [6.07, 6.45) is -2.92. The number of aromatic nitrogens is 6. The average molecular weight is 500 g/mol. The minimum Gasteiger partial charge on any atom is -0.365 e. The molecule has 36 heavy (non-hydrogen) atoms. The first kappa shape index (κ1) is 23.7. The number of fused-ring (bicyclic) bond motifs is 3. The average Bonchev–Trinajstić information content (AvgIpc) is 3.34. The molecule has 1 saturated heterocycles. The van der Waals surface area contributed by atoms with Gasteiger partial charge in [0.2, 0.25) is 11.6 Å². The van der Waals surface area contributed by atoms with Gasteiger partial charge in [-0.2, -0.15) is 4.52 Å². The lowest BCUT2D eigenvalue weighted by molar-refractivity contribution is -0.129. The zero-order valence-electron chi connectivity index (χ0n) is 19.9. The number of carbonyl (C=O) groups is 1. The predicted molar refractivity (Wildman–Crippen MR) is 126 cm³/mol. The van der Waals surface area contributed by atoms with Crippen LogP contribution in [0.4, 0.5) is 24.7 Å². The third-order valence-corrected chi connectivity index (χ3v) is 6.40. The molecule has 1 atom stereocenters. The van der Waals surface area contributed by atoms with Gasteiger partial charge in [-0.25, -0.2) is 23.1 Å². The van der Waals surface area contributed by atoms with Crippen molar-refractivity contribution < 1.29 is 18.0 Å². The summed E-state index contributed by atoms with van der Waals surface area (Å²) >= 11 is 0. The van der Waals surface area contributed by atoms with E-state index in [1.807, 2.05) is 6.07 Å². The number of tetrazole rings is 1. The van der Waals surface area contributed by atoms with E-state index < -0.39 is 23.8 Å². The van der Waals surface area contributed by atoms with Gasteiger partial charge in [0.25, 0.3) is 6.43 Å². The first-order chi connectivity index (χ1) is 17.2. The highest BCUT2D eigenvalue weighted by Crippen LogP contribution is 2.33. The molecule has 5 rings (SSSR count). The van der Waals surface area contributed by atoms with Crippen molar-refractivity contribution in [3.8, 4) is 0 Å². The highest BCUT2D eigenvalue weighted by Gasteiger charge is 2.25. The van der Waals surface area contributed by atoms with Gasteiger partial charge in [-0.3, -0.25) is 4.79 Å². The number of piperazine rings is 1. The molecule has 0 saturated carbocycles. The first-order valence-electron chi connectivity index (χ1n) is 11.5. The summed E-state index contributed by atoms with van der Waals surface area (Å²) in [5.41, 5.74) is 1.15. The minimum atomic E-state index is -2.92. The van der Waals surface area contributed by atoms with E-state index in [0.29, 0.717) is 54.5 Å². The third kappa shape index (κ3) is 4.14. The number of amides is 1. The molecule has 0 radical (unpaired) electrons. The van der Waals surface area contributed by atoms with Crippen molar-refractivity contribution in [2.45, 2.75) is 33.2 Å². The number of halogens is 3. The molecule has 1 N–H and O–H groups in total.